The molecule has 0 atom stereocenters. The number of carbonyl (C=O) groups is 1. The molecule has 2 rings (SSSR count). The molecular weight excluding hydrogens is 247 g/mol. The molecule has 100 valence electrons. The predicted molar refractivity (Wildman–Crippen MR) is 70.5 cm³/mol. The van der Waals surface area contributed by atoms with Crippen molar-refractivity contribution in [1.82, 2.24) is 4.57 Å². The van der Waals surface area contributed by atoms with Gasteiger partial charge in [0.2, 0.25) is 0 Å². The minimum Gasteiger partial charge on any atom is -0.465 e. The Labute approximate surface area is 110 Å². The van der Waals surface area contributed by atoms with E-state index in [-0.39, 0.29) is 5.56 Å². The monoisotopic (exact) mass is 262 g/mol. The van der Waals surface area contributed by atoms with Crippen LogP contribution < -0.4 is 5.32 Å². The number of carbonyl (C=O) groups excluding carboxylic acids is 1. The Hall–Kier alpha value is -2.30. The molecule has 0 saturated heterocycles. The maximum atomic E-state index is 13.5. The molecular formula is C14H15FN2O2. The summed E-state index contributed by atoms with van der Waals surface area (Å²) in [5, 5.41) is 3.14. The lowest BCUT2D eigenvalue weighted by molar-refractivity contribution is 0.0595. The van der Waals surface area contributed by atoms with Gasteiger partial charge in [-0.2, -0.15) is 0 Å². The summed E-state index contributed by atoms with van der Waals surface area (Å²) in [5.41, 5.74) is 1.69. The van der Waals surface area contributed by atoms with Gasteiger partial charge in [0.25, 0.3) is 0 Å². The summed E-state index contributed by atoms with van der Waals surface area (Å²) in [7, 11) is 3.17. The number of rotatable bonds is 4. The summed E-state index contributed by atoms with van der Waals surface area (Å²) in [4.78, 5) is 11.4. The first-order chi connectivity index (χ1) is 9.11. The van der Waals surface area contributed by atoms with E-state index in [2.05, 4.69) is 10.1 Å². The molecule has 2 aromatic rings. The minimum atomic E-state index is -0.681. The van der Waals surface area contributed by atoms with Crippen LogP contribution in [0.3, 0.4) is 0 Å². The fourth-order valence-electron chi connectivity index (χ4n) is 1.77. The quantitative estimate of drug-likeness (QED) is 0.861. The second-order valence-electron chi connectivity index (χ2n) is 4.15. The van der Waals surface area contributed by atoms with Gasteiger partial charge in [0.1, 0.15) is 5.82 Å². The molecule has 5 heteroatoms. The molecule has 0 amide bonds. The van der Waals surface area contributed by atoms with Gasteiger partial charge < -0.3 is 14.6 Å². The van der Waals surface area contributed by atoms with Crippen LogP contribution in [0.4, 0.5) is 10.1 Å². The number of anilines is 1. The van der Waals surface area contributed by atoms with Gasteiger partial charge in [0, 0.05) is 24.6 Å². The number of esters is 1. The van der Waals surface area contributed by atoms with Crippen molar-refractivity contribution >= 4 is 11.7 Å². The first-order valence-corrected chi connectivity index (χ1v) is 5.83. The van der Waals surface area contributed by atoms with Gasteiger partial charge in [-0.05, 0) is 30.3 Å². The Morgan fingerprint density at radius 2 is 2.21 bits per heavy atom. The zero-order valence-electron chi connectivity index (χ0n) is 10.8. The van der Waals surface area contributed by atoms with E-state index >= 15 is 0 Å². The first-order valence-electron chi connectivity index (χ1n) is 5.83. The summed E-state index contributed by atoms with van der Waals surface area (Å²) < 4.78 is 20.0. The van der Waals surface area contributed by atoms with E-state index in [1.807, 2.05) is 29.9 Å². The lowest BCUT2D eigenvalue weighted by Crippen LogP contribution is -2.07. The third-order valence-electron chi connectivity index (χ3n) is 2.90. The van der Waals surface area contributed by atoms with E-state index in [0.717, 1.165) is 5.69 Å². The molecule has 0 spiro atoms. The van der Waals surface area contributed by atoms with E-state index in [1.165, 1.54) is 19.2 Å². The van der Waals surface area contributed by atoms with Crippen molar-refractivity contribution in [2.75, 3.05) is 12.4 Å². The zero-order valence-corrected chi connectivity index (χ0v) is 10.8. The predicted octanol–water partition coefficient (Wildman–Crippen LogP) is 2.56. The van der Waals surface area contributed by atoms with Gasteiger partial charge in [0.15, 0.2) is 0 Å². The average molecular weight is 262 g/mol. The van der Waals surface area contributed by atoms with Gasteiger partial charge in [-0.1, -0.05) is 0 Å². The number of aryl methyl sites for hydroxylation is 1. The number of nitrogens with zero attached hydrogens (tertiary/aromatic N) is 1. The van der Waals surface area contributed by atoms with Crippen LogP contribution in [0, 0.1) is 5.82 Å². The smallest absolute Gasteiger partial charge is 0.340 e. The third kappa shape index (κ3) is 2.93. The van der Waals surface area contributed by atoms with E-state index < -0.39 is 11.8 Å². The molecule has 0 aliphatic heterocycles. The van der Waals surface area contributed by atoms with Crippen LogP contribution >= 0.6 is 0 Å². The fourth-order valence-corrected chi connectivity index (χ4v) is 1.77. The molecule has 0 saturated carbocycles. The summed E-state index contributed by atoms with van der Waals surface area (Å²) in [6.07, 6.45) is 1.95. The molecule has 4 nitrogen and oxygen atoms in total. The number of nitrogens with one attached hydrogen (secondary N) is 1. The number of methoxy groups -OCH3 is 1. The number of hydrogen-bond acceptors (Lipinski definition) is 3. The minimum absolute atomic E-state index is 0.0700. The highest BCUT2D eigenvalue weighted by Crippen LogP contribution is 2.16. The molecule has 0 aliphatic carbocycles. The second kappa shape index (κ2) is 5.56. The van der Waals surface area contributed by atoms with Gasteiger partial charge >= 0.3 is 5.97 Å². The Balaban J connectivity index is 2.13. The van der Waals surface area contributed by atoms with Crippen LogP contribution in [0.5, 0.6) is 0 Å². The first kappa shape index (κ1) is 13.1. The van der Waals surface area contributed by atoms with Crippen molar-refractivity contribution in [2.45, 2.75) is 6.54 Å². The van der Waals surface area contributed by atoms with Crippen molar-refractivity contribution in [3.05, 3.63) is 53.6 Å². The summed E-state index contributed by atoms with van der Waals surface area (Å²) in [5.74, 6) is -1.27. The maximum Gasteiger partial charge on any atom is 0.340 e. The molecule has 0 radical (unpaired) electrons. The van der Waals surface area contributed by atoms with Crippen molar-refractivity contribution in [1.29, 1.82) is 0 Å². The number of benzene rings is 1. The number of halogens is 1. The van der Waals surface area contributed by atoms with Crippen molar-refractivity contribution in [3.63, 3.8) is 0 Å². The Kier molecular flexibility index (Phi) is 3.85. The lowest BCUT2D eigenvalue weighted by atomic mass is 10.2. The zero-order chi connectivity index (χ0) is 13.8. The van der Waals surface area contributed by atoms with Gasteiger partial charge in [-0.15, -0.1) is 0 Å². The molecule has 1 heterocycles. The molecule has 0 aliphatic rings. The lowest BCUT2D eigenvalue weighted by Gasteiger charge is -2.09. The van der Waals surface area contributed by atoms with Gasteiger partial charge in [-0.25, -0.2) is 9.18 Å². The topological polar surface area (TPSA) is 43.3 Å². The molecule has 1 aromatic heterocycles. The molecule has 1 aromatic carbocycles. The fraction of sp³-hybridized carbons (Fsp3) is 0.214. The maximum absolute atomic E-state index is 13.5. The van der Waals surface area contributed by atoms with Crippen LogP contribution in [0.1, 0.15) is 16.1 Å². The number of ether oxygens (including phenoxy) is 1. The SMILES string of the molecule is COC(=O)c1cc(NCc2cccn2C)ccc1F. The van der Waals surface area contributed by atoms with Crippen LogP contribution in [-0.2, 0) is 18.3 Å². The highest BCUT2D eigenvalue weighted by molar-refractivity contribution is 5.90. The van der Waals surface area contributed by atoms with Gasteiger partial charge in [-0.3, -0.25) is 0 Å². The molecule has 0 bridgehead atoms. The summed E-state index contributed by atoms with van der Waals surface area (Å²) >= 11 is 0. The number of aromatic nitrogens is 1. The molecule has 1 N–H and O–H groups in total. The van der Waals surface area contributed by atoms with Gasteiger partial charge in [0.05, 0.1) is 19.2 Å². The highest BCUT2D eigenvalue weighted by Gasteiger charge is 2.12. The van der Waals surface area contributed by atoms with Crippen molar-refractivity contribution in [3.8, 4) is 0 Å². The number of hydrogen-bond donors (Lipinski definition) is 1. The molecule has 19 heavy (non-hydrogen) atoms. The largest absolute Gasteiger partial charge is 0.465 e. The second-order valence-corrected chi connectivity index (χ2v) is 4.15. The normalized spacial score (nSPS) is 10.3. The van der Waals surface area contributed by atoms with E-state index in [0.29, 0.717) is 12.2 Å². The Bertz CT molecular complexity index is 593. The third-order valence-corrected chi connectivity index (χ3v) is 2.90. The van der Waals surface area contributed by atoms with E-state index in [1.54, 1.807) is 6.07 Å². The Morgan fingerprint density at radius 1 is 1.42 bits per heavy atom. The van der Waals surface area contributed by atoms with Crippen LogP contribution in [-0.4, -0.2) is 17.6 Å². The van der Waals surface area contributed by atoms with Crippen LogP contribution in [0.25, 0.3) is 0 Å². The standard InChI is InChI=1S/C14H15FN2O2/c1-17-7-3-4-11(17)9-16-10-5-6-13(15)12(8-10)14(18)19-2/h3-8,16H,9H2,1-2H3. The van der Waals surface area contributed by atoms with Crippen molar-refractivity contribution in [2.24, 2.45) is 7.05 Å². The molecule has 0 fully saturated rings. The summed E-state index contributed by atoms with van der Waals surface area (Å²) in [6.45, 7) is 0.593. The van der Waals surface area contributed by atoms with E-state index in [4.69, 9.17) is 0 Å². The average Bonchev–Trinajstić information content (AvgIpc) is 2.82. The van der Waals surface area contributed by atoms with Crippen LogP contribution in [0.2, 0.25) is 0 Å². The van der Waals surface area contributed by atoms with E-state index in [9.17, 15) is 9.18 Å². The molecule has 0 unspecified atom stereocenters. The Morgan fingerprint density at radius 3 is 2.84 bits per heavy atom. The van der Waals surface area contributed by atoms with Crippen LogP contribution in [0.15, 0.2) is 36.5 Å². The highest BCUT2D eigenvalue weighted by atomic mass is 19.1. The summed E-state index contributed by atoms with van der Waals surface area (Å²) in [6, 6.07) is 8.22. The van der Waals surface area contributed by atoms with Crippen molar-refractivity contribution < 1.29 is 13.9 Å².